The van der Waals surface area contributed by atoms with Gasteiger partial charge in [-0.1, -0.05) is 0 Å². The minimum absolute atomic E-state index is 0.103. The highest BCUT2D eigenvalue weighted by atomic mass is 31.2. The molecule has 0 amide bonds. The molecule has 0 saturated heterocycles. The first-order valence-electron chi connectivity index (χ1n) is 3.47. The van der Waals surface area contributed by atoms with Crippen molar-refractivity contribution in [3.63, 3.8) is 0 Å². The van der Waals surface area contributed by atoms with Crippen molar-refractivity contribution < 1.29 is 14.4 Å². The summed E-state index contributed by atoms with van der Waals surface area (Å²) in [6, 6.07) is 0. The SMILES string of the molecule is O=P(O)(O)CCCc1ncn[nH]1. The lowest BCUT2D eigenvalue weighted by Gasteiger charge is -2.00. The van der Waals surface area contributed by atoms with E-state index in [1.54, 1.807) is 0 Å². The molecule has 0 aromatic carbocycles. The van der Waals surface area contributed by atoms with Crippen LogP contribution in [0.4, 0.5) is 0 Å². The molecule has 1 aromatic heterocycles. The molecule has 0 bridgehead atoms. The molecule has 0 unspecified atom stereocenters. The molecule has 0 aliphatic rings. The Morgan fingerprint density at radius 2 is 2.33 bits per heavy atom. The number of H-pyrrole nitrogens is 1. The van der Waals surface area contributed by atoms with Gasteiger partial charge >= 0.3 is 7.60 Å². The summed E-state index contributed by atoms with van der Waals surface area (Å²) in [5.41, 5.74) is 0. The first-order valence-corrected chi connectivity index (χ1v) is 5.26. The van der Waals surface area contributed by atoms with Gasteiger partial charge in [-0.25, -0.2) is 4.98 Å². The van der Waals surface area contributed by atoms with Gasteiger partial charge in [0.25, 0.3) is 0 Å². The second-order valence-corrected chi connectivity index (χ2v) is 4.20. The minimum atomic E-state index is -3.85. The van der Waals surface area contributed by atoms with Crippen LogP contribution in [-0.4, -0.2) is 31.1 Å². The Labute approximate surface area is 69.2 Å². The standard InChI is InChI=1S/C5H10N3O3P/c9-12(10,11)3-1-2-5-6-4-7-8-5/h4H,1-3H2,(H,6,7,8)(H2,9,10,11). The summed E-state index contributed by atoms with van der Waals surface area (Å²) in [4.78, 5) is 20.8. The number of hydrogen-bond donors (Lipinski definition) is 3. The molecule has 0 atom stereocenters. The first-order chi connectivity index (χ1) is 5.58. The van der Waals surface area contributed by atoms with Crippen molar-refractivity contribution in [2.24, 2.45) is 0 Å². The van der Waals surface area contributed by atoms with Crippen LogP contribution in [0, 0.1) is 0 Å². The quantitative estimate of drug-likeness (QED) is 0.578. The Balaban J connectivity index is 2.24. The lowest BCUT2D eigenvalue weighted by Crippen LogP contribution is -1.93. The summed E-state index contributed by atoms with van der Waals surface area (Å²) >= 11 is 0. The fourth-order valence-corrected chi connectivity index (χ4v) is 1.37. The number of aryl methyl sites for hydroxylation is 1. The van der Waals surface area contributed by atoms with Crippen LogP contribution in [0.1, 0.15) is 12.2 Å². The molecule has 3 N–H and O–H groups in total. The van der Waals surface area contributed by atoms with Gasteiger partial charge < -0.3 is 9.79 Å². The van der Waals surface area contributed by atoms with E-state index in [-0.39, 0.29) is 6.16 Å². The average molecular weight is 191 g/mol. The monoisotopic (exact) mass is 191 g/mol. The van der Waals surface area contributed by atoms with Crippen molar-refractivity contribution in [1.29, 1.82) is 0 Å². The van der Waals surface area contributed by atoms with Crippen molar-refractivity contribution in [3.8, 4) is 0 Å². The summed E-state index contributed by atoms with van der Waals surface area (Å²) < 4.78 is 10.4. The van der Waals surface area contributed by atoms with Crippen molar-refractivity contribution in [2.75, 3.05) is 6.16 Å². The summed E-state index contributed by atoms with van der Waals surface area (Å²) in [6.07, 6.45) is 2.20. The van der Waals surface area contributed by atoms with Crippen LogP contribution in [-0.2, 0) is 11.0 Å². The van der Waals surface area contributed by atoms with Gasteiger partial charge in [-0.15, -0.1) is 0 Å². The Morgan fingerprint density at radius 1 is 1.58 bits per heavy atom. The number of nitrogens with zero attached hydrogens (tertiary/aromatic N) is 2. The van der Waals surface area contributed by atoms with Gasteiger partial charge in [-0.3, -0.25) is 9.66 Å². The fourth-order valence-electron chi connectivity index (χ4n) is 0.804. The highest BCUT2D eigenvalue weighted by molar-refractivity contribution is 7.51. The minimum Gasteiger partial charge on any atom is -0.324 e. The molecule has 1 aromatic rings. The van der Waals surface area contributed by atoms with Crippen LogP contribution < -0.4 is 0 Å². The molecule has 7 heteroatoms. The molecule has 1 rings (SSSR count). The molecule has 0 saturated carbocycles. The van der Waals surface area contributed by atoms with Crippen LogP contribution in [0.5, 0.6) is 0 Å². The van der Waals surface area contributed by atoms with Crippen LogP contribution >= 0.6 is 7.60 Å². The van der Waals surface area contributed by atoms with Gasteiger partial charge in [-0.05, 0) is 6.42 Å². The van der Waals surface area contributed by atoms with E-state index in [0.717, 1.165) is 0 Å². The molecule has 0 aliphatic heterocycles. The van der Waals surface area contributed by atoms with Gasteiger partial charge in [0.05, 0.1) is 6.16 Å². The molecule has 6 nitrogen and oxygen atoms in total. The number of rotatable bonds is 4. The zero-order valence-electron chi connectivity index (χ0n) is 6.34. The topological polar surface area (TPSA) is 99.1 Å². The molecule has 0 aliphatic carbocycles. The molecular weight excluding hydrogens is 181 g/mol. The zero-order valence-corrected chi connectivity index (χ0v) is 7.24. The zero-order chi connectivity index (χ0) is 9.03. The molecule has 0 fully saturated rings. The first kappa shape index (κ1) is 9.38. The van der Waals surface area contributed by atoms with Crippen molar-refractivity contribution >= 4 is 7.60 Å². The van der Waals surface area contributed by atoms with Gasteiger partial charge in [0, 0.05) is 6.42 Å². The van der Waals surface area contributed by atoms with Gasteiger partial charge in [0.15, 0.2) is 0 Å². The predicted molar refractivity (Wildman–Crippen MR) is 41.6 cm³/mol. The average Bonchev–Trinajstić information content (AvgIpc) is 2.36. The maximum Gasteiger partial charge on any atom is 0.325 e. The van der Waals surface area contributed by atoms with Crippen molar-refractivity contribution in [3.05, 3.63) is 12.2 Å². The molecular formula is C5H10N3O3P. The van der Waals surface area contributed by atoms with Crippen LogP contribution in [0.25, 0.3) is 0 Å². The van der Waals surface area contributed by atoms with Crippen molar-refractivity contribution in [1.82, 2.24) is 15.2 Å². The van der Waals surface area contributed by atoms with Gasteiger partial charge in [0.1, 0.15) is 12.2 Å². The van der Waals surface area contributed by atoms with Crippen LogP contribution in [0.15, 0.2) is 6.33 Å². The number of nitrogens with one attached hydrogen (secondary N) is 1. The maximum absolute atomic E-state index is 10.4. The highest BCUT2D eigenvalue weighted by Crippen LogP contribution is 2.34. The predicted octanol–water partition coefficient (Wildman–Crippen LogP) is -0.0850. The molecule has 1 heterocycles. The largest absolute Gasteiger partial charge is 0.325 e. The van der Waals surface area contributed by atoms with E-state index in [1.165, 1.54) is 6.33 Å². The lowest BCUT2D eigenvalue weighted by atomic mass is 10.3. The lowest BCUT2D eigenvalue weighted by molar-refractivity contribution is 0.371. The normalized spacial score (nSPS) is 11.8. The van der Waals surface area contributed by atoms with Crippen molar-refractivity contribution in [2.45, 2.75) is 12.8 Å². The smallest absolute Gasteiger partial charge is 0.324 e. The summed E-state index contributed by atoms with van der Waals surface area (Å²) in [6.45, 7) is 0. The van der Waals surface area contributed by atoms with Crippen LogP contribution in [0.2, 0.25) is 0 Å². The van der Waals surface area contributed by atoms with E-state index in [4.69, 9.17) is 9.79 Å². The highest BCUT2D eigenvalue weighted by Gasteiger charge is 2.11. The van der Waals surface area contributed by atoms with E-state index in [1.807, 2.05) is 0 Å². The van der Waals surface area contributed by atoms with E-state index < -0.39 is 7.60 Å². The number of aromatic nitrogens is 3. The van der Waals surface area contributed by atoms with Gasteiger partial charge in [0.2, 0.25) is 0 Å². The summed E-state index contributed by atoms with van der Waals surface area (Å²) in [5.74, 6) is 0.656. The Hall–Kier alpha value is -0.710. The van der Waals surface area contributed by atoms with E-state index in [2.05, 4.69) is 15.2 Å². The second-order valence-electron chi connectivity index (χ2n) is 2.42. The van der Waals surface area contributed by atoms with E-state index in [9.17, 15) is 4.57 Å². The number of hydrogen-bond acceptors (Lipinski definition) is 3. The molecule has 0 radical (unpaired) electrons. The third kappa shape index (κ3) is 3.61. The van der Waals surface area contributed by atoms with Crippen LogP contribution in [0.3, 0.4) is 0 Å². The maximum atomic E-state index is 10.4. The third-order valence-corrected chi connectivity index (χ3v) is 2.23. The second kappa shape index (κ2) is 3.80. The fraction of sp³-hybridized carbons (Fsp3) is 0.600. The molecule has 68 valence electrons. The Morgan fingerprint density at radius 3 is 2.83 bits per heavy atom. The molecule has 0 spiro atoms. The Kier molecular flexibility index (Phi) is 2.97. The van der Waals surface area contributed by atoms with E-state index >= 15 is 0 Å². The Bertz CT molecular complexity index is 267. The third-order valence-electron chi connectivity index (χ3n) is 1.33. The van der Waals surface area contributed by atoms with E-state index in [0.29, 0.717) is 18.7 Å². The molecule has 12 heavy (non-hydrogen) atoms. The van der Waals surface area contributed by atoms with Gasteiger partial charge in [-0.2, -0.15) is 5.10 Å². The summed E-state index contributed by atoms with van der Waals surface area (Å²) in [7, 11) is -3.85. The summed E-state index contributed by atoms with van der Waals surface area (Å²) in [5, 5.41) is 6.22. The number of aromatic amines is 1.